The van der Waals surface area contributed by atoms with E-state index in [1.54, 1.807) is 79.4 Å². The van der Waals surface area contributed by atoms with E-state index in [2.05, 4.69) is 55.5 Å². The van der Waals surface area contributed by atoms with Gasteiger partial charge in [-0.15, -0.1) is 102 Å². The molecule has 0 unspecified atom stereocenters. The van der Waals surface area contributed by atoms with Gasteiger partial charge in [0.15, 0.2) is 0 Å². The molecule has 0 aliphatic heterocycles. The van der Waals surface area contributed by atoms with Crippen molar-refractivity contribution >= 4 is 142 Å². The Kier molecular flexibility index (Phi) is 10.3. The van der Waals surface area contributed by atoms with Crippen LogP contribution in [0.3, 0.4) is 0 Å². The van der Waals surface area contributed by atoms with Crippen molar-refractivity contribution in [2.45, 2.75) is 26.7 Å². The van der Waals surface area contributed by atoms with Crippen LogP contribution in [0.15, 0.2) is 140 Å². The lowest BCUT2D eigenvalue weighted by Gasteiger charge is -2.01. The highest BCUT2D eigenvalue weighted by Gasteiger charge is 2.22. The van der Waals surface area contributed by atoms with E-state index in [1.807, 2.05) is 90.4 Å². The minimum absolute atomic E-state index is 0.279. The van der Waals surface area contributed by atoms with E-state index in [-0.39, 0.29) is 22.2 Å². The average molecular weight is 1010 g/mol. The maximum atomic E-state index is 14.5. The minimum Gasteiger partial charge on any atom is -0.268 e. The van der Waals surface area contributed by atoms with Crippen LogP contribution in [0.5, 0.6) is 0 Å². The number of para-hydroxylation sites is 1. The fourth-order valence-corrected chi connectivity index (χ4v) is 18.1. The number of aromatic nitrogens is 2. The molecule has 12 rings (SSSR count). The summed E-state index contributed by atoms with van der Waals surface area (Å²) in [4.78, 5) is 70.3. The molecule has 0 radical (unpaired) electrons. The third-order valence-corrected chi connectivity index (χ3v) is 21.6. The third kappa shape index (κ3) is 7.25. The van der Waals surface area contributed by atoms with Crippen molar-refractivity contribution in [2.75, 3.05) is 0 Å². The minimum atomic E-state index is -0.319. The molecular formula is C50H30N2O4S9. The molecule has 0 atom stereocenters. The van der Waals surface area contributed by atoms with Crippen LogP contribution in [0.25, 0.3) is 80.3 Å². The number of hydrogen-bond acceptors (Lipinski definition) is 13. The van der Waals surface area contributed by atoms with Crippen LogP contribution >= 0.6 is 102 Å². The molecule has 6 nitrogen and oxygen atoms in total. The first kappa shape index (κ1) is 41.2. The van der Waals surface area contributed by atoms with E-state index in [1.165, 1.54) is 44.9 Å². The Bertz CT molecular complexity index is 4090. The normalized spacial score (nSPS) is 11.9. The Balaban J connectivity index is 0.898. The first-order valence-electron chi connectivity index (χ1n) is 20.3. The van der Waals surface area contributed by atoms with Gasteiger partial charge in [0.2, 0.25) is 0 Å². The van der Waals surface area contributed by atoms with E-state index < -0.39 is 0 Å². The van der Waals surface area contributed by atoms with Crippen molar-refractivity contribution in [1.82, 2.24) is 9.13 Å². The summed E-state index contributed by atoms with van der Waals surface area (Å²) in [7, 11) is 0. The second kappa shape index (κ2) is 16.3. The molecule has 65 heavy (non-hydrogen) atoms. The second-order valence-electron chi connectivity index (χ2n) is 15.5. The zero-order chi connectivity index (χ0) is 44.1. The van der Waals surface area contributed by atoms with Gasteiger partial charge in [-0.3, -0.25) is 19.2 Å². The predicted molar refractivity (Wildman–Crippen MR) is 285 cm³/mol. The van der Waals surface area contributed by atoms with E-state index >= 15 is 0 Å². The van der Waals surface area contributed by atoms with Gasteiger partial charge in [-0.2, -0.15) is 0 Å². The summed E-state index contributed by atoms with van der Waals surface area (Å²) < 4.78 is 6.03. The smallest absolute Gasteiger partial charge is 0.267 e. The summed E-state index contributed by atoms with van der Waals surface area (Å²) in [6, 6.07) is 38.0. The molecule has 0 fully saturated rings. The summed E-state index contributed by atoms with van der Waals surface area (Å²) in [5, 5.41) is 4.71. The standard InChI is InChI=1S/C50H30N2O4S9/c1-25-10-11-28(58-25)20-29-12-15-36(60-29)39-22-33-45(64-39)46-34(48(54)51(47(33)53)27-7-4-3-5-8-27)23-40(65-46)37-16-13-30(61-37)21-31-14-17-38(62-31)41-24-35-44(63-41)43-32(19-26(2)59-43)49(55)52(50(35)56)42-9-6-18-57-42/h3-19,22-24H,20-21H2,1-2H3. The van der Waals surface area contributed by atoms with Gasteiger partial charge >= 0.3 is 0 Å². The molecule has 0 aliphatic carbocycles. The number of aryl methyl sites for hydroxylation is 2. The van der Waals surface area contributed by atoms with Crippen molar-refractivity contribution < 1.29 is 0 Å². The van der Waals surface area contributed by atoms with Crippen LogP contribution < -0.4 is 22.2 Å². The first-order valence-corrected chi connectivity index (χ1v) is 27.8. The number of rotatable bonds is 9. The number of nitrogens with zero attached hydrogens (tertiary/aromatic N) is 2. The van der Waals surface area contributed by atoms with Crippen LogP contribution in [-0.4, -0.2) is 9.13 Å². The van der Waals surface area contributed by atoms with Crippen LogP contribution in [0, 0.1) is 13.8 Å². The van der Waals surface area contributed by atoms with Gasteiger partial charge in [0.1, 0.15) is 5.00 Å². The Morgan fingerprint density at radius 1 is 0.385 bits per heavy atom. The molecule has 0 saturated heterocycles. The Morgan fingerprint density at radius 3 is 1.29 bits per heavy atom. The molecular weight excluding hydrogens is 981 g/mol. The molecule has 12 aromatic rings. The summed E-state index contributed by atoms with van der Waals surface area (Å²) in [5.74, 6) is 0. The summed E-state index contributed by atoms with van der Waals surface area (Å²) >= 11 is 14.7. The molecule has 0 N–H and O–H groups in total. The third-order valence-electron chi connectivity index (χ3n) is 11.1. The van der Waals surface area contributed by atoms with Crippen molar-refractivity contribution in [3.05, 3.63) is 191 Å². The maximum Gasteiger partial charge on any atom is 0.267 e. The number of hydrogen-bond donors (Lipinski definition) is 0. The monoisotopic (exact) mass is 1010 g/mol. The maximum absolute atomic E-state index is 14.5. The molecule has 11 heterocycles. The molecule has 15 heteroatoms. The molecule has 0 amide bonds. The summed E-state index contributed by atoms with van der Waals surface area (Å²) in [5.41, 5.74) is -0.654. The van der Waals surface area contributed by atoms with Gasteiger partial charge in [-0.1, -0.05) is 18.2 Å². The predicted octanol–water partition coefficient (Wildman–Crippen LogP) is 14.7. The molecule has 0 saturated carbocycles. The Labute approximate surface area is 405 Å². The Morgan fingerprint density at radius 2 is 0.831 bits per heavy atom. The average Bonchev–Trinajstić information content (AvgIpc) is 4.14. The van der Waals surface area contributed by atoms with E-state index in [4.69, 9.17) is 0 Å². The lowest BCUT2D eigenvalue weighted by atomic mass is 10.2. The van der Waals surface area contributed by atoms with Crippen LogP contribution in [0.2, 0.25) is 0 Å². The summed E-state index contributed by atoms with van der Waals surface area (Å²) in [6.45, 7) is 4.13. The fourth-order valence-electron chi connectivity index (χ4n) is 8.18. The number of fused-ring (bicyclic) bond motifs is 6. The first-order chi connectivity index (χ1) is 31.6. The Hall–Kier alpha value is -5.20. The number of benzene rings is 1. The lowest BCUT2D eigenvalue weighted by molar-refractivity contribution is 0.976. The van der Waals surface area contributed by atoms with Crippen molar-refractivity contribution in [1.29, 1.82) is 0 Å². The van der Waals surface area contributed by atoms with Gasteiger partial charge in [0.05, 0.1) is 46.0 Å². The lowest BCUT2D eigenvalue weighted by Crippen LogP contribution is -2.28. The highest BCUT2D eigenvalue weighted by atomic mass is 32.1. The van der Waals surface area contributed by atoms with Gasteiger partial charge in [-0.25, -0.2) is 9.13 Å². The van der Waals surface area contributed by atoms with E-state index in [0.717, 1.165) is 65.8 Å². The molecule has 318 valence electrons. The topological polar surface area (TPSA) is 78.1 Å². The van der Waals surface area contributed by atoms with Gasteiger partial charge in [0, 0.05) is 71.4 Å². The summed E-state index contributed by atoms with van der Waals surface area (Å²) in [6.07, 6.45) is 1.62. The zero-order valence-corrected chi connectivity index (χ0v) is 41.5. The van der Waals surface area contributed by atoms with Gasteiger partial charge < -0.3 is 0 Å². The number of thiophene rings is 9. The quantitative estimate of drug-likeness (QED) is 0.144. The fraction of sp³-hybridized carbons (Fsp3) is 0.0800. The molecule has 0 aliphatic rings. The molecule has 0 spiro atoms. The highest BCUT2D eigenvalue weighted by Crippen LogP contribution is 2.45. The molecule has 0 bridgehead atoms. The SMILES string of the molecule is Cc1ccc(Cc2ccc(-c3cc4c(=O)n(-c5ccccc5)c(=O)c5cc(-c6ccc(Cc7ccc(-c8cc9c(=O)n(-c%10cccs%10)c(=O)c%10cc(C)sc%10c9s8)s7)s6)sc5c4s3)s2)s1. The molecule has 1 aromatic carbocycles. The van der Waals surface area contributed by atoms with Crippen LogP contribution in [-0.2, 0) is 12.8 Å². The second-order valence-corrected chi connectivity index (χ2v) is 25.7. The van der Waals surface area contributed by atoms with Crippen molar-refractivity contribution in [3.63, 3.8) is 0 Å². The van der Waals surface area contributed by atoms with Gasteiger partial charge in [-0.05, 0) is 116 Å². The highest BCUT2D eigenvalue weighted by molar-refractivity contribution is 7.33. The van der Waals surface area contributed by atoms with E-state index in [0.29, 0.717) is 32.2 Å². The zero-order valence-electron chi connectivity index (χ0n) is 34.2. The van der Waals surface area contributed by atoms with Crippen molar-refractivity contribution in [2.24, 2.45) is 0 Å². The molecule has 11 aromatic heterocycles. The van der Waals surface area contributed by atoms with Crippen LogP contribution in [0.1, 0.15) is 29.3 Å². The van der Waals surface area contributed by atoms with Crippen LogP contribution in [0.4, 0.5) is 0 Å². The van der Waals surface area contributed by atoms with Gasteiger partial charge in [0.25, 0.3) is 22.2 Å². The van der Waals surface area contributed by atoms with Crippen molar-refractivity contribution in [3.8, 4) is 40.0 Å². The largest absolute Gasteiger partial charge is 0.268 e. The van der Waals surface area contributed by atoms with E-state index in [9.17, 15) is 19.2 Å².